The quantitative estimate of drug-likeness (QED) is 0.355. The van der Waals surface area contributed by atoms with Crippen LogP contribution in [0.2, 0.25) is 0 Å². The van der Waals surface area contributed by atoms with Gasteiger partial charge in [-0.15, -0.1) is 11.8 Å². The number of benzene rings is 2. The molecule has 2 aliphatic heterocycles. The monoisotopic (exact) mass is 472 g/mol. The van der Waals surface area contributed by atoms with E-state index in [9.17, 15) is 0 Å². The molecule has 2 aromatic carbocycles. The molecule has 0 N–H and O–H groups in total. The Kier molecular flexibility index (Phi) is 6.12. The first-order valence-corrected chi connectivity index (χ1v) is 13.0. The van der Waals surface area contributed by atoms with Crippen molar-refractivity contribution < 1.29 is 9.47 Å². The average molecular weight is 473 g/mol. The largest absolute Gasteiger partial charge is 0.486 e. The second kappa shape index (κ2) is 9.68. The molecule has 6 rings (SSSR count). The van der Waals surface area contributed by atoms with Crippen molar-refractivity contribution >= 4 is 17.4 Å². The molecule has 4 aromatic rings. The fourth-order valence-electron chi connectivity index (χ4n) is 4.63. The summed E-state index contributed by atoms with van der Waals surface area (Å²) in [5.41, 5.74) is 4.08. The third-order valence-electron chi connectivity index (χ3n) is 6.40. The Hall–Kier alpha value is -3.03. The number of rotatable bonds is 7. The summed E-state index contributed by atoms with van der Waals surface area (Å²) in [6, 6.07) is 21.0. The van der Waals surface area contributed by atoms with Crippen molar-refractivity contribution in [2.45, 2.75) is 24.2 Å². The molecule has 0 aliphatic carbocycles. The van der Waals surface area contributed by atoms with Crippen LogP contribution in [-0.4, -0.2) is 58.1 Å². The van der Waals surface area contributed by atoms with Crippen LogP contribution in [0.3, 0.4) is 0 Å². The van der Waals surface area contributed by atoms with Gasteiger partial charge in [-0.25, -0.2) is 9.50 Å². The van der Waals surface area contributed by atoms with Crippen LogP contribution in [0.5, 0.6) is 11.5 Å². The van der Waals surface area contributed by atoms with Gasteiger partial charge < -0.3 is 14.4 Å². The minimum atomic E-state index is 0.573. The predicted octanol–water partition coefficient (Wildman–Crippen LogP) is 4.95. The van der Waals surface area contributed by atoms with Crippen molar-refractivity contribution in [3.63, 3.8) is 0 Å². The highest BCUT2D eigenvalue weighted by molar-refractivity contribution is 7.99. The highest BCUT2D eigenvalue weighted by atomic mass is 32.2. The fraction of sp³-hybridized carbons (Fsp3) is 0.333. The summed E-state index contributed by atoms with van der Waals surface area (Å²) in [6.45, 7) is 4.88. The van der Waals surface area contributed by atoms with Gasteiger partial charge in [0, 0.05) is 29.2 Å². The molecule has 0 unspecified atom stereocenters. The van der Waals surface area contributed by atoms with E-state index in [1.54, 1.807) is 0 Å². The number of likely N-dealkylation sites (tertiary alicyclic amines) is 1. The van der Waals surface area contributed by atoms with E-state index in [1.807, 2.05) is 46.6 Å². The molecule has 1 fully saturated rings. The number of nitrogens with zero attached hydrogens (tertiary/aromatic N) is 4. The van der Waals surface area contributed by atoms with Crippen molar-refractivity contribution in [1.29, 1.82) is 0 Å². The molecule has 0 amide bonds. The van der Waals surface area contributed by atoms with E-state index in [1.165, 1.54) is 42.9 Å². The van der Waals surface area contributed by atoms with Crippen LogP contribution in [0.4, 0.5) is 0 Å². The molecule has 1 saturated heterocycles. The van der Waals surface area contributed by atoms with Crippen molar-refractivity contribution in [2.24, 2.45) is 0 Å². The number of thioether (sulfide) groups is 1. The Labute approximate surface area is 203 Å². The highest BCUT2D eigenvalue weighted by Gasteiger charge is 2.15. The van der Waals surface area contributed by atoms with Gasteiger partial charge in [0.15, 0.2) is 23.0 Å². The highest BCUT2D eigenvalue weighted by Crippen LogP contribution is 2.34. The molecule has 0 bridgehead atoms. The number of hydrogen-bond acceptors (Lipinski definition) is 6. The van der Waals surface area contributed by atoms with Crippen LogP contribution in [0, 0.1) is 0 Å². The summed E-state index contributed by atoms with van der Waals surface area (Å²) in [6.07, 6.45) is 3.42. The summed E-state index contributed by atoms with van der Waals surface area (Å²) in [7, 11) is 0. The molecule has 4 heterocycles. The molecule has 174 valence electrons. The maximum absolute atomic E-state index is 5.77. The maximum Gasteiger partial charge on any atom is 0.162 e. The van der Waals surface area contributed by atoms with Crippen molar-refractivity contribution in [2.75, 3.05) is 38.6 Å². The van der Waals surface area contributed by atoms with E-state index in [0.29, 0.717) is 19.6 Å². The molecule has 0 spiro atoms. The zero-order valence-electron chi connectivity index (χ0n) is 19.2. The van der Waals surface area contributed by atoms with Gasteiger partial charge in [-0.2, -0.15) is 5.10 Å². The van der Waals surface area contributed by atoms with Crippen molar-refractivity contribution in [1.82, 2.24) is 19.5 Å². The first kappa shape index (κ1) is 21.5. The molecule has 7 heteroatoms. The fourth-order valence-corrected chi connectivity index (χ4v) is 5.54. The van der Waals surface area contributed by atoms with E-state index in [2.05, 4.69) is 35.2 Å². The number of hydrogen-bond donors (Lipinski definition) is 0. The first-order chi connectivity index (χ1) is 16.8. The lowest BCUT2D eigenvalue weighted by atomic mass is 10.1. The van der Waals surface area contributed by atoms with E-state index in [0.717, 1.165) is 40.0 Å². The van der Waals surface area contributed by atoms with Crippen molar-refractivity contribution in [3.05, 3.63) is 72.1 Å². The van der Waals surface area contributed by atoms with Gasteiger partial charge in [-0.05, 0) is 74.0 Å². The van der Waals surface area contributed by atoms with Crippen LogP contribution >= 0.6 is 11.8 Å². The predicted molar refractivity (Wildman–Crippen MR) is 135 cm³/mol. The smallest absolute Gasteiger partial charge is 0.162 e. The minimum absolute atomic E-state index is 0.573. The van der Waals surface area contributed by atoms with E-state index < -0.39 is 0 Å². The number of fused-ring (bicyclic) bond motifs is 2. The van der Waals surface area contributed by atoms with Gasteiger partial charge in [0.25, 0.3) is 0 Å². The number of aromatic nitrogens is 3. The number of pyridine rings is 1. The average Bonchev–Trinajstić information content (AvgIpc) is 3.54. The molecule has 0 radical (unpaired) electrons. The van der Waals surface area contributed by atoms with Gasteiger partial charge in [-0.1, -0.05) is 18.2 Å². The Morgan fingerprint density at radius 1 is 0.882 bits per heavy atom. The molecule has 34 heavy (non-hydrogen) atoms. The summed E-state index contributed by atoms with van der Waals surface area (Å²) in [5, 5.41) is 4.84. The van der Waals surface area contributed by atoms with E-state index in [4.69, 9.17) is 19.6 Å². The zero-order chi connectivity index (χ0) is 22.7. The van der Waals surface area contributed by atoms with Gasteiger partial charge in [0.2, 0.25) is 0 Å². The lowest BCUT2D eigenvalue weighted by Gasteiger charge is -2.19. The van der Waals surface area contributed by atoms with Crippen LogP contribution in [0.15, 0.2) is 65.6 Å². The minimum Gasteiger partial charge on any atom is -0.486 e. The molecular formula is C27H28N4O2S. The Balaban J connectivity index is 1.16. The second-order valence-electron chi connectivity index (χ2n) is 8.79. The lowest BCUT2D eigenvalue weighted by molar-refractivity contribution is 0.171. The Morgan fingerprint density at radius 3 is 2.56 bits per heavy atom. The third kappa shape index (κ3) is 4.63. The Bertz CT molecular complexity index is 1280. The topological polar surface area (TPSA) is 51.9 Å². The van der Waals surface area contributed by atoms with Crippen LogP contribution in [-0.2, 0) is 6.42 Å². The first-order valence-electron chi connectivity index (χ1n) is 12.0. The molecule has 0 atom stereocenters. The van der Waals surface area contributed by atoms with E-state index in [-0.39, 0.29) is 0 Å². The second-order valence-corrected chi connectivity index (χ2v) is 9.95. The van der Waals surface area contributed by atoms with Gasteiger partial charge in [0.05, 0.1) is 5.69 Å². The SMILES string of the molecule is c1cc(-c2ccc3c(c2)OCCO3)n2nc(Cc3ccc(SCCN4CCCC4)cc3)nc2c1. The summed E-state index contributed by atoms with van der Waals surface area (Å²) in [4.78, 5) is 8.67. The van der Waals surface area contributed by atoms with Crippen LogP contribution in [0.25, 0.3) is 16.9 Å². The lowest BCUT2D eigenvalue weighted by Crippen LogP contribution is -2.21. The van der Waals surface area contributed by atoms with Crippen molar-refractivity contribution in [3.8, 4) is 22.8 Å². The third-order valence-corrected chi connectivity index (χ3v) is 7.39. The van der Waals surface area contributed by atoms with Gasteiger partial charge in [-0.3, -0.25) is 0 Å². The summed E-state index contributed by atoms with van der Waals surface area (Å²) in [5.74, 6) is 3.54. The van der Waals surface area contributed by atoms with Crippen LogP contribution < -0.4 is 9.47 Å². The molecular weight excluding hydrogens is 444 g/mol. The summed E-state index contributed by atoms with van der Waals surface area (Å²) < 4.78 is 13.3. The molecule has 0 saturated carbocycles. The van der Waals surface area contributed by atoms with E-state index >= 15 is 0 Å². The van der Waals surface area contributed by atoms with Crippen LogP contribution in [0.1, 0.15) is 24.2 Å². The van der Waals surface area contributed by atoms with Gasteiger partial charge >= 0.3 is 0 Å². The normalized spacial score (nSPS) is 15.8. The molecule has 6 nitrogen and oxygen atoms in total. The standard InChI is InChI=1S/C27H28N4O2S/c1-2-13-30(12-1)14-17-34-22-9-6-20(7-10-22)18-26-28-27-5-3-4-23(31(27)29-26)21-8-11-24-25(19-21)33-16-15-32-24/h3-11,19H,1-2,12-18H2. The molecule has 2 aliphatic rings. The summed E-state index contributed by atoms with van der Waals surface area (Å²) >= 11 is 1.94. The maximum atomic E-state index is 5.77. The Morgan fingerprint density at radius 2 is 1.71 bits per heavy atom. The number of ether oxygens (including phenoxy) is 2. The zero-order valence-corrected chi connectivity index (χ0v) is 20.0. The van der Waals surface area contributed by atoms with Gasteiger partial charge in [0.1, 0.15) is 13.2 Å². The molecule has 2 aromatic heterocycles.